The van der Waals surface area contributed by atoms with Gasteiger partial charge in [0, 0.05) is 12.1 Å². The van der Waals surface area contributed by atoms with Crippen LogP contribution in [0.2, 0.25) is 0 Å². The van der Waals surface area contributed by atoms with Gasteiger partial charge in [-0.05, 0) is 6.42 Å². The summed E-state index contributed by atoms with van der Waals surface area (Å²) in [6.45, 7) is 2.75. The molecule has 1 aromatic heterocycles. The lowest BCUT2D eigenvalue weighted by Gasteiger charge is -2.05. The quantitative estimate of drug-likeness (QED) is 0.700. The van der Waals surface area contributed by atoms with Gasteiger partial charge in [0.25, 0.3) is 5.56 Å². The van der Waals surface area contributed by atoms with Crippen molar-refractivity contribution in [3.63, 3.8) is 0 Å². The van der Waals surface area contributed by atoms with Crippen LogP contribution in [0.3, 0.4) is 0 Å². The number of ether oxygens (including phenoxy) is 1. The molecule has 1 heterocycles. The van der Waals surface area contributed by atoms with Gasteiger partial charge in [0.2, 0.25) is 0 Å². The van der Waals surface area contributed by atoms with Crippen LogP contribution < -0.4 is 10.3 Å². The Bertz CT molecular complexity index is 360. The zero-order valence-electron chi connectivity index (χ0n) is 9.66. The molecule has 0 radical (unpaired) electrons. The number of aromatic amines is 1. The van der Waals surface area contributed by atoms with E-state index in [1.165, 1.54) is 25.3 Å². The third-order valence-electron chi connectivity index (χ3n) is 2.31. The SMILES string of the molecule is CCCCCCCOc1cc(O)cc(=O)[nH]1. The second kappa shape index (κ2) is 6.93. The Balaban J connectivity index is 2.24. The lowest BCUT2D eigenvalue weighted by molar-refractivity contribution is 0.291. The molecule has 0 bridgehead atoms. The molecule has 0 unspecified atom stereocenters. The minimum atomic E-state index is -0.346. The van der Waals surface area contributed by atoms with Crippen molar-refractivity contribution in [1.82, 2.24) is 4.98 Å². The first-order chi connectivity index (χ1) is 7.72. The van der Waals surface area contributed by atoms with Gasteiger partial charge in [-0.1, -0.05) is 32.6 Å². The number of H-pyrrole nitrogens is 1. The van der Waals surface area contributed by atoms with Gasteiger partial charge in [-0.3, -0.25) is 9.78 Å². The van der Waals surface area contributed by atoms with E-state index < -0.39 is 0 Å². The fourth-order valence-electron chi connectivity index (χ4n) is 1.47. The first-order valence-corrected chi connectivity index (χ1v) is 5.78. The molecule has 0 aliphatic carbocycles. The maximum atomic E-state index is 11.0. The molecule has 1 rings (SSSR count). The lowest BCUT2D eigenvalue weighted by Crippen LogP contribution is -2.07. The van der Waals surface area contributed by atoms with Crippen LogP contribution in [0, 0.1) is 0 Å². The van der Waals surface area contributed by atoms with Crippen molar-refractivity contribution in [2.75, 3.05) is 6.61 Å². The second-order valence-electron chi connectivity index (χ2n) is 3.83. The average Bonchev–Trinajstić information content (AvgIpc) is 2.22. The minimum absolute atomic E-state index is 0.0651. The van der Waals surface area contributed by atoms with Gasteiger partial charge in [0.1, 0.15) is 5.75 Å². The summed E-state index contributed by atoms with van der Waals surface area (Å²) in [7, 11) is 0. The number of rotatable bonds is 7. The molecule has 0 atom stereocenters. The van der Waals surface area contributed by atoms with Crippen LogP contribution in [0.4, 0.5) is 0 Å². The molecular weight excluding hydrogens is 206 g/mol. The zero-order chi connectivity index (χ0) is 11.8. The highest BCUT2D eigenvalue weighted by molar-refractivity contribution is 5.24. The Hall–Kier alpha value is -1.45. The highest BCUT2D eigenvalue weighted by Crippen LogP contribution is 2.12. The van der Waals surface area contributed by atoms with Gasteiger partial charge in [-0.2, -0.15) is 0 Å². The molecule has 0 aliphatic heterocycles. The minimum Gasteiger partial charge on any atom is -0.508 e. The van der Waals surface area contributed by atoms with E-state index in [2.05, 4.69) is 11.9 Å². The molecule has 2 N–H and O–H groups in total. The van der Waals surface area contributed by atoms with Gasteiger partial charge < -0.3 is 9.84 Å². The monoisotopic (exact) mass is 225 g/mol. The average molecular weight is 225 g/mol. The number of aromatic nitrogens is 1. The largest absolute Gasteiger partial charge is 0.508 e. The number of hydrogen-bond donors (Lipinski definition) is 2. The van der Waals surface area contributed by atoms with Gasteiger partial charge in [0.15, 0.2) is 5.88 Å². The summed E-state index contributed by atoms with van der Waals surface area (Å²) in [5, 5.41) is 9.17. The van der Waals surface area contributed by atoms with Crippen LogP contribution in [0.15, 0.2) is 16.9 Å². The van der Waals surface area contributed by atoms with Gasteiger partial charge in [-0.15, -0.1) is 0 Å². The van der Waals surface area contributed by atoms with Crippen molar-refractivity contribution in [3.05, 3.63) is 22.5 Å². The van der Waals surface area contributed by atoms with E-state index in [0.717, 1.165) is 18.9 Å². The predicted molar refractivity (Wildman–Crippen MR) is 63.0 cm³/mol. The molecule has 0 fully saturated rings. The van der Waals surface area contributed by atoms with E-state index in [1.807, 2.05) is 0 Å². The third kappa shape index (κ3) is 4.87. The normalized spacial score (nSPS) is 10.3. The van der Waals surface area contributed by atoms with Crippen molar-refractivity contribution in [3.8, 4) is 11.6 Å². The molecule has 0 spiro atoms. The molecule has 1 aromatic rings. The molecule has 4 heteroatoms. The van der Waals surface area contributed by atoms with Gasteiger partial charge >= 0.3 is 0 Å². The van der Waals surface area contributed by atoms with E-state index in [9.17, 15) is 4.79 Å². The first kappa shape index (κ1) is 12.6. The Morgan fingerprint density at radius 1 is 1.25 bits per heavy atom. The van der Waals surface area contributed by atoms with Crippen LogP contribution in [0.1, 0.15) is 39.0 Å². The number of nitrogens with one attached hydrogen (secondary N) is 1. The summed E-state index contributed by atoms with van der Waals surface area (Å²) < 4.78 is 5.33. The molecule has 16 heavy (non-hydrogen) atoms. The van der Waals surface area contributed by atoms with E-state index in [-0.39, 0.29) is 11.3 Å². The first-order valence-electron chi connectivity index (χ1n) is 5.78. The number of aromatic hydroxyl groups is 1. The smallest absolute Gasteiger partial charge is 0.254 e. The topological polar surface area (TPSA) is 62.3 Å². The molecule has 0 saturated carbocycles. The number of pyridine rings is 1. The fraction of sp³-hybridized carbons (Fsp3) is 0.583. The third-order valence-corrected chi connectivity index (χ3v) is 2.31. The van der Waals surface area contributed by atoms with E-state index >= 15 is 0 Å². The summed E-state index contributed by atoms with van der Waals surface area (Å²) >= 11 is 0. The Labute approximate surface area is 95.3 Å². The number of hydrogen-bond acceptors (Lipinski definition) is 3. The van der Waals surface area contributed by atoms with Crippen molar-refractivity contribution < 1.29 is 9.84 Å². The van der Waals surface area contributed by atoms with Crippen molar-refractivity contribution in [2.45, 2.75) is 39.0 Å². The van der Waals surface area contributed by atoms with Crippen molar-refractivity contribution >= 4 is 0 Å². The molecule has 0 aliphatic rings. The van der Waals surface area contributed by atoms with E-state index in [1.54, 1.807) is 0 Å². The van der Waals surface area contributed by atoms with Crippen LogP contribution in [0.25, 0.3) is 0 Å². The van der Waals surface area contributed by atoms with Gasteiger partial charge in [0.05, 0.1) is 6.61 Å². The molecule has 0 amide bonds. The lowest BCUT2D eigenvalue weighted by atomic mass is 10.2. The molecule has 90 valence electrons. The summed E-state index contributed by atoms with van der Waals surface area (Å²) in [5.74, 6) is 0.269. The molecule has 0 saturated heterocycles. The summed E-state index contributed by atoms with van der Waals surface area (Å²) in [6.07, 6.45) is 5.80. The van der Waals surface area contributed by atoms with Crippen LogP contribution >= 0.6 is 0 Å². The highest BCUT2D eigenvalue weighted by Gasteiger charge is 1.98. The van der Waals surface area contributed by atoms with E-state index in [4.69, 9.17) is 9.84 Å². The predicted octanol–water partition coefficient (Wildman–Crippen LogP) is 2.43. The fourth-order valence-corrected chi connectivity index (χ4v) is 1.47. The second-order valence-corrected chi connectivity index (χ2v) is 3.83. The van der Waals surface area contributed by atoms with E-state index in [0.29, 0.717) is 12.5 Å². The Morgan fingerprint density at radius 2 is 2.00 bits per heavy atom. The highest BCUT2D eigenvalue weighted by atomic mass is 16.5. The Morgan fingerprint density at radius 3 is 2.69 bits per heavy atom. The molecular formula is C12H19NO3. The zero-order valence-corrected chi connectivity index (χ0v) is 9.66. The maximum absolute atomic E-state index is 11.0. The number of unbranched alkanes of at least 4 members (excludes halogenated alkanes) is 4. The van der Waals surface area contributed by atoms with Crippen LogP contribution in [-0.2, 0) is 0 Å². The van der Waals surface area contributed by atoms with Crippen LogP contribution in [-0.4, -0.2) is 16.7 Å². The van der Waals surface area contributed by atoms with Gasteiger partial charge in [-0.25, -0.2) is 0 Å². The van der Waals surface area contributed by atoms with Crippen molar-refractivity contribution in [2.24, 2.45) is 0 Å². The molecule has 0 aromatic carbocycles. The van der Waals surface area contributed by atoms with Crippen LogP contribution in [0.5, 0.6) is 11.6 Å². The van der Waals surface area contributed by atoms with Crippen molar-refractivity contribution in [1.29, 1.82) is 0 Å². The summed E-state index contributed by atoms with van der Waals surface area (Å²) in [5.41, 5.74) is -0.346. The summed E-state index contributed by atoms with van der Waals surface area (Å²) in [4.78, 5) is 13.5. The maximum Gasteiger partial charge on any atom is 0.254 e. The standard InChI is InChI=1S/C12H19NO3/c1-2-3-4-5-6-7-16-12-9-10(14)8-11(15)13-12/h8-9H,2-7H2,1H3,(H2,13,14,15). The molecule has 4 nitrogen and oxygen atoms in total. The Kier molecular flexibility index (Phi) is 5.46. The summed E-state index contributed by atoms with van der Waals surface area (Å²) in [6, 6.07) is 2.53.